The lowest BCUT2D eigenvalue weighted by Gasteiger charge is -2.14. The van der Waals surface area contributed by atoms with E-state index in [2.05, 4.69) is 6.07 Å². The van der Waals surface area contributed by atoms with Crippen LogP contribution in [0.1, 0.15) is 19.3 Å². The first-order chi connectivity index (χ1) is 6.29. The molecule has 1 saturated carbocycles. The first-order valence-electron chi connectivity index (χ1n) is 4.83. The fourth-order valence-electron chi connectivity index (χ4n) is 1.64. The van der Waals surface area contributed by atoms with Gasteiger partial charge < -0.3 is 4.90 Å². The summed E-state index contributed by atoms with van der Waals surface area (Å²) in [5.74, 6) is 0.741. The van der Waals surface area contributed by atoms with Crippen molar-refractivity contribution in [2.45, 2.75) is 19.3 Å². The van der Waals surface area contributed by atoms with Crippen LogP contribution >= 0.6 is 0 Å². The van der Waals surface area contributed by atoms with Crippen LogP contribution in [0.4, 0.5) is 0 Å². The summed E-state index contributed by atoms with van der Waals surface area (Å²) in [4.78, 5) is 13.3. The monoisotopic (exact) mass is 177 g/mol. The molecule has 1 atom stereocenters. The van der Waals surface area contributed by atoms with Crippen molar-refractivity contribution in [2.24, 2.45) is 11.8 Å². The van der Waals surface area contributed by atoms with Crippen LogP contribution < -0.4 is 0 Å². The zero-order chi connectivity index (χ0) is 9.26. The molecule has 1 aliphatic heterocycles. The molecule has 0 aromatic carbocycles. The number of likely N-dealkylation sites (tertiary alicyclic amines) is 1. The summed E-state index contributed by atoms with van der Waals surface area (Å²) in [6.07, 6.45) is 5.00. The minimum atomic E-state index is 0.0663. The number of amides is 1. The normalized spacial score (nSPS) is 27.3. The third kappa shape index (κ3) is 2.00. The van der Waals surface area contributed by atoms with Gasteiger partial charge in [-0.05, 0) is 25.2 Å². The topological polar surface area (TPSA) is 44.1 Å². The molecule has 0 aromatic heterocycles. The summed E-state index contributed by atoms with van der Waals surface area (Å²) in [6, 6.07) is 2.21. The molecule has 0 spiro atoms. The van der Waals surface area contributed by atoms with Crippen molar-refractivity contribution in [2.75, 3.05) is 13.1 Å². The zero-order valence-corrected chi connectivity index (χ0v) is 7.57. The molecule has 3 nitrogen and oxygen atoms in total. The third-order valence-electron chi connectivity index (χ3n) is 2.68. The van der Waals surface area contributed by atoms with Gasteiger partial charge in [0.05, 0.1) is 18.4 Å². The predicted octanol–water partition coefficient (Wildman–Crippen LogP) is 0.973. The lowest BCUT2D eigenvalue weighted by molar-refractivity contribution is -0.126. The molecule has 3 heteroatoms. The molecule has 2 fully saturated rings. The van der Waals surface area contributed by atoms with Crippen molar-refractivity contribution in [3.8, 4) is 6.07 Å². The Hall–Kier alpha value is -1.04. The minimum absolute atomic E-state index is 0.0663. The SMILES string of the molecule is N#C[C@@H]1CCN(C(=O)[CH]C2CC2)C1. The molecule has 1 aliphatic carbocycles. The molecule has 1 radical (unpaired) electrons. The number of nitrogens with zero attached hydrogens (tertiary/aromatic N) is 2. The average Bonchev–Trinajstić information content (AvgIpc) is 2.82. The van der Waals surface area contributed by atoms with Gasteiger partial charge in [-0.3, -0.25) is 4.79 Å². The Morgan fingerprint density at radius 3 is 2.77 bits per heavy atom. The second-order valence-electron chi connectivity index (χ2n) is 3.90. The second-order valence-corrected chi connectivity index (χ2v) is 3.90. The molecule has 2 aliphatic rings. The molecule has 1 saturated heterocycles. The molecular formula is C10H13N2O. The van der Waals surface area contributed by atoms with Crippen LogP contribution in [0.3, 0.4) is 0 Å². The molecule has 69 valence electrons. The summed E-state index contributed by atoms with van der Waals surface area (Å²) in [7, 11) is 0. The molecule has 2 rings (SSSR count). The molecule has 13 heavy (non-hydrogen) atoms. The number of hydrogen-bond donors (Lipinski definition) is 0. The Bertz CT molecular complexity index is 252. The summed E-state index contributed by atoms with van der Waals surface area (Å²) in [5, 5.41) is 8.66. The van der Waals surface area contributed by atoms with E-state index in [1.165, 1.54) is 12.8 Å². The highest BCUT2D eigenvalue weighted by Gasteiger charge is 2.31. The Morgan fingerprint density at radius 1 is 1.46 bits per heavy atom. The van der Waals surface area contributed by atoms with E-state index in [0.717, 1.165) is 13.0 Å². The first kappa shape index (κ1) is 8.55. The van der Waals surface area contributed by atoms with Crippen LogP contribution in [0.2, 0.25) is 0 Å². The van der Waals surface area contributed by atoms with Crippen molar-refractivity contribution in [1.82, 2.24) is 4.90 Å². The smallest absolute Gasteiger partial charge is 0.226 e. The molecule has 0 unspecified atom stereocenters. The molecule has 1 amide bonds. The number of hydrogen-bond acceptors (Lipinski definition) is 2. The van der Waals surface area contributed by atoms with E-state index in [4.69, 9.17) is 5.26 Å². The summed E-state index contributed by atoms with van der Waals surface area (Å²) < 4.78 is 0. The van der Waals surface area contributed by atoms with E-state index in [0.29, 0.717) is 12.5 Å². The molecule has 1 heterocycles. The van der Waals surface area contributed by atoms with Crippen LogP contribution in [-0.2, 0) is 4.79 Å². The van der Waals surface area contributed by atoms with Crippen LogP contribution in [0.25, 0.3) is 0 Å². The predicted molar refractivity (Wildman–Crippen MR) is 47.3 cm³/mol. The molecule has 0 bridgehead atoms. The highest BCUT2D eigenvalue weighted by Crippen LogP contribution is 2.32. The van der Waals surface area contributed by atoms with E-state index in [-0.39, 0.29) is 11.8 Å². The maximum Gasteiger partial charge on any atom is 0.226 e. The Kier molecular flexibility index (Phi) is 2.22. The van der Waals surface area contributed by atoms with Crippen molar-refractivity contribution < 1.29 is 4.79 Å². The second kappa shape index (κ2) is 3.37. The van der Waals surface area contributed by atoms with E-state index >= 15 is 0 Å². The van der Waals surface area contributed by atoms with Crippen molar-refractivity contribution >= 4 is 5.91 Å². The fraction of sp³-hybridized carbons (Fsp3) is 0.700. The van der Waals surface area contributed by atoms with Gasteiger partial charge in [0.15, 0.2) is 0 Å². The summed E-state index contributed by atoms with van der Waals surface area (Å²) in [6.45, 7) is 1.40. The third-order valence-corrected chi connectivity index (χ3v) is 2.68. The largest absolute Gasteiger partial charge is 0.341 e. The van der Waals surface area contributed by atoms with Crippen molar-refractivity contribution in [1.29, 1.82) is 5.26 Å². The Labute approximate surface area is 78.3 Å². The highest BCUT2D eigenvalue weighted by atomic mass is 16.2. The maximum absolute atomic E-state index is 11.5. The average molecular weight is 177 g/mol. The molecular weight excluding hydrogens is 164 g/mol. The Morgan fingerprint density at radius 2 is 2.23 bits per heavy atom. The van der Waals surface area contributed by atoms with Gasteiger partial charge in [-0.15, -0.1) is 0 Å². The van der Waals surface area contributed by atoms with Gasteiger partial charge in [-0.1, -0.05) is 0 Å². The van der Waals surface area contributed by atoms with E-state index < -0.39 is 0 Å². The van der Waals surface area contributed by atoms with Gasteiger partial charge in [0.25, 0.3) is 0 Å². The number of nitriles is 1. The fourth-order valence-corrected chi connectivity index (χ4v) is 1.64. The van der Waals surface area contributed by atoms with Gasteiger partial charge >= 0.3 is 0 Å². The lowest BCUT2D eigenvalue weighted by Crippen LogP contribution is -2.29. The van der Waals surface area contributed by atoms with E-state index in [9.17, 15) is 4.79 Å². The van der Waals surface area contributed by atoms with Crippen LogP contribution in [0.5, 0.6) is 0 Å². The van der Waals surface area contributed by atoms with Crippen molar-refractivity contribution in [3.63, 3.8) is 0 Å². The number of carbonyl (C=O) groups excluding carboxylic acids is 1. The Balaban J connectivity index is 1.81. The standard InChI is InChI=1S/C10H13N2O/c11-6-9-3-4-12(7-9)10(13)5-8-1-2-8/h5,8-9H,1-4,7H2/t9-/m0/s1. The quantitative estimate of drug-likeness (QED) is 0.631. The van der Waals surface area contributed by atoms with E-state index in [1.807, 2.05) is 6.42 Å². The lowest BCUT2D eigenvalue weighted by atomic mass is 10.1. The van der Waals surface area contributed by atoms with Crippen LogP contribution in [0, 0.1) is 29.6 Å². The van der Waals surface area contributed by atoms with E-state index in [1.54, 1.807) is 4.90 Å². The summed E-state index contributed by atoms with van der Waals surface area (Å²) in [5.41, 5.74) is 0. The van der Waals surface area contributed by atoms with Gasteiger partial charge in [-0.2, -0.15) is 5.26 Å². The van der Waals surface area contributed by atoms with Gasteiger partial charge in [0.2, 0.25) is 5.91 Å². The minimum Gasteiger partial charge on any atom is -0.341 e. The van der Waals surface area contributed by atoms with Crippen molar-refractivity contribution in [3.05, 3.63) is 6.42 Å². The zero-order valence-electron chi connectivity index (χ0n) is 7.57. The number of rotatable bonds is 2. The van der Waals surface area contributed by atoms with Gasteiger partial charge in [-0.25, -0.2) is 0 Å². The molecule has 0 N–H and O–H groups in total. The van der Waals surface area contributed by atoms with Crippen LogP contribution in [0.15, 0.2) is 0 Å². The molecule has 0 aromatic rings. The number of carbonyl (C=O) groups is 1. The summed E-state index contributed by atoms with van der Waals surface area (Å²) >= 11 is 0. The van der Waals surface area contributed by atoms with Gasteiger partial charge in [0, 0.05) is 13.1 Å². The van der Waals surface area contributed by atoms with Gasteiger partial charge in [0.1, 0.15) is 0 Å². The highest BCUT2D eigenvalue weighted by molar-refractivity contribution is 5.85. The maximum atomic E-state index is 11.5. The first-order valence-corrected chi connectivity index (χ1v) is 4.83. The van der Waals surface area contributed by atoms with Crippen LogP contribution in [-0.4, -0.2) is 23.9 Å².